The Balaban J connectivity index is 1.45. The fourth-order valence-electron chi connectivity index (χ4n) is 4.18. The van der Waals surface area contributed by atoms with Crippen LogP contribution in [0.5, 0.6) is 11.5 Å². The zero-order valence-corrected chi connectivity index (χ0v) is 21.4. The van der Waals surface area contributed by atoms with Gasteiger partial charge in [-0.1, -0.05) is 36.4 Å². The summed E-state index contributed by atoms with van der Waals surface area (Å²) in [6.07, 6.45) is 0. The molecule has 0 saturated heterocycles. The number of carbonyl (C=O) groups excluding carboxylic acids is 3. The number of carbonyl (C=O) groups is 3. The van der Waals surface area contributed by atoms with Crippen molar-refractivity contribution < 1.29 is 23.9 Å². The zero-order valence-electron chi connectivity index (χ0n) is 21.4. The van der Waals surface area contributed by atoms with E-state index in [4.69, 9.17) is 9.47 Å². The van der Waals surface area contributed by atoms with Crippen LogP contribution in [0.4, 0.5) is 0 Å². The van der Waals surface area contributed by atoms with Crippen molar-refractivity contribution in [3.8, 4) is 11.5 Å². The highest BCUT2D eigenvalue weighted by atomic mass is 16.5. The maximum absolute atomic E-state index is 13.1. The van der Waals surface area contributed by atoms with E-state index in [1.165, 1.54) is 15.6 Å². The van der Waals surface area contributed by atoms with Gasteiger partial charge in [0.05, 0.1) is 20.3 Å². The number of rotatable bonds is 9. The van der Waals surface area contributed by atoms with Crippen LogP contribution in [0.15, 0.2) is 54.6 Å². The minimum absolute atomic E-state index is 0.101. The molecule has 0 saturated carbocycles. The summed E-state index contributed by atoms with van der Waals surface area (Å²) in [4.78, 5) is 40.5. The molecule has 0 bridgehead atoms. The molecule has 37 heavy (non-hydrogen) atoms. The number of benzene rings is 2. The normalized spacial score (nSPS) is 16.6. The van der Waals surface area contributed by atoms with Crippen molar-refractivity contribution in [2.24, 2.45) is 0 Å². The van der Waals surface area contributed by atoms with Crippen LogP contribution in [0.25, 0.3) is 0 Å². The van der Waals surface area contributed by atoms with Crippen LogP contribution in [-0.4, -0.2) is 58.7 Å². The van der Waals surface area contributed by atoms with E-state index in [-0.39, 0.29) is 36.3 Å². The van der Waals surface area contributed by atoms with Crippen LogP contribution in [0.2, 0.25) is 0 Å². The fraction of sp³-hybridized carbons (Fsp3) is 0.333. The number of likely N-dealkylation sites (N-methyl/N-ethyl adjacent to an activating group) is 1. The Morgan fingerprint density at radius 1 is 1.03 bits per heavy atom. The minimum Gasteiger partial charge on any atom is -0.493 e. The average molecular weight is 506 g/mol. The van der Waals surface area contributed by atoms with Crippen molar-refractivity contribution in [2.75, 3.05) is 20.8 Å². The van der Waals surface area contributed by atoms with E-state index >= 15 is 0 Å². The molecule has 0 radical (unpaired) electrons. The molecule has 0 fully saturated rings. The van der Waals surface area contributed by atoms with E-state index < -0.39 is 11.4 Å². The second kappa shape index (κ2) is 10.7. The zero-order chi connectivity index (χ0) is 26.6. The average Bonchev–Trinajstić information content (AvgIpc) is 3.34. The third-order valence-electron chi connectivity index (χ3n) is 6.50. The van der Waals surface area contributed by atoms with Gasteiger partial charge in [0.15, 0.2) is 17.2 Å². The Bertz CT molecular complexity index is 1310. The topological polar surface area (TPSA) is 115 Å². The highest BCUT2D eigenvalue weighted by Gasteiger charge is 2.46. The first-order valence-corrected chi connectivity index (χ1v) is 12.0. The number of hydrogen-bond donors (Lipinski definition) is 2. The van der Waals surface area contributed by atoms with Gasteiger partial charge < -0.3 is 25.0 Å². The molecule has 1 aliphatic heterocycles. The number of aromatic nitrogens is 2. The van der Waals surface area contributed by atoms with Gasteiger partial charge in [-0.3, -0.25) is 19.1 Å². The van der Waals surface area contributed by atoms with Gasteiger partial charge in [-0.05, 0) is 37.1 Å². The number of amides is 3. The second-order valence-electron chi connectivity index (χ2n) is 8.98. The third kappa shape index (κ3) is 5.28. The molecule has 194 valence electrons. The maximum Gasteiger partial charge on any atom is 0.272 e. The Morgan fingerprint density at radius 3 is 2.46 bits per heavy atom. The predicted molar refractivity (Wildman–Crippen MR) is 136 cm³/mol. The number of nitrogens with zero attached hydrogens (tertiary/aromatic N) is 3. The highest BCUT2D eigenvalue weighted by molar-refractivity contribution is 6.01. The van der Waals surface area contributed by atoms with Gasteiger partial charge in [0, 0.05) is 26.2 Å². The van der Waals surface area contributed by atoms with E-state index in [1.54, 1.807) is 33.2 Å². The summed E-state index contributed by atoms with van der Waals surface area (Å²) in [6, 6.07) is 16.4. The van der Waals surface area contributed by atoms with Gasteiger partial charge >= 0.3 is 0 Å². The number of fused-ring (bicyclic) bond motifs is 1. The number of hydrogen-bond acceptors (Lipinski definition) is 6. The quantitative estimate of drug-likeness (QED) is 0.462. The fourth-order valence-corrected chi connectivity index (χ4v) is 4.18. The molecule has 2 aromatic carbocycles. The van der Waals surface area contributed by atoms with Gasteiger partial charge in [-0.15, -0.1) is 0 Å². The number of nitrogens with one attached hydrogen (secondary N) is 2. The first kappa shape index (κ1) is 25.7. The molecule has 0 aliphatic carbocycles. The number of ether oxygens (including phenoxy) is 2. The summed E-state index contributed by atoms with van der Waals surface area (Å²) in [5.74, 6) is 0.0838. The smallest absolute Gasteiger partial charge is 0.272 e. The standard InChI is InChI=1S/C27H31N5O5/c1-5-37-22-12-11-19(13-23(22)36-4)16-28-24(33)20-14-21-25(34)31(3)27(2,17-32(21)30-20)26(35)29-15-18-9-7-6-8-10-18/h6-14H,5,15-17H2,1-4H3,(H,28,33)(H,29,35)/t27-/m0/s1. The first-order valence-electron chi connectivity index (χ1n) is 12.0. The molecule has 0 spiro atoms. The summed E-state index contributed by atoms with van der Waals surface area (Å²) in [6.45, 7) is 4.79. The van der Waals surface area contributed by atoms with Crippen LogP contribution in [0.1, 0.15) is 46.0 Å². The molecule has 2 N–H and O–H groups in total. The lowest BCUT2D eigenvalue weighted by molar-refractivity contribution is -0.132. The van der Waals surface area contributed by atoms with Crippen molar-refractivity contribution in [1.82, 2.24) is 25.3 Å². The van der Waals surface area contributed by atoms with Crippen molar-refractivity contribution in [3.05, 3.63) is 77.1 Å². The van der Waals surface area contributed by atoms with Gasteiger partial charge in [-0.2, -0.15) is 5.10 Å². The second-order valence-corrected chi connectivity index (χ2v) is 8.98. The van der Waals surface area contributed by atoms with Crippen LogP contribution >= 0.6 is 0 Å². The molecular formula is C27H31N5O5. The Labute approximate surface area is 215 Å². The molecule has 3 amide bonds. The molecule has 1 atom stereocenters. The SMILES string of the molecule is CCOc1ccc(CNC(=O)c2cc3n(n2)C[C@@](C)(C(=O)NCc2ccccc2)N(C)C3=O)cc1OC. The summed E-state index contributed by atoms with van der Waals surface area (Å²) in [5, 5.41) is 10.1. The Hall–Kier alpha value is -4.34. The van der Waals surface area contributed by atoms with Crippen LogP contribution < -0.4 is 20.1 Å². The van der Waals surface area contributed by atoms with E-state index in [0.717, 1.165) is 11.1 Å². The summed E-state index contributed by atoms with van der Waals surface area (Å²) >= 11 is 0. The molecule has 3 aromatic rings. The lowest BCUT2D eigenvalue weighted by Gasteiger charge is -2.40. The van der Waals surface area contributed by atoms with Gasteiger partial charge in [-0.25, -0.2) is 0 Å². The molecule has 4 rings (SSSR count). The summed E-state index contributed by atoms with van der Waals surface area (Å²) in [5.41, 5.74) is 0.953. The maximum atomic E-state index is 13.1. The Kier molecular flexibility index (Phi) is 7.47. The molecule has 1 aliphatic rings. The molecule has 0 unspecified atom stereocenters. The molecule has 10 nitrogen and oxygen atoms in total. The molecule has 2 heterocycles. The lowest BCUT2D eigenvalue weighted by Crippen LogP contribution is -2.62. The third-order valence-corrected chi connectivity index (χ3v) is 6.50. The van der Waals surface area contributed by atoms with Crippen molar-refractivity contribution in [1.29, 1.82) is 0 Å². The number of methoxy groups -OCH3 is 1. The van der Waals surface area contributed by atoms with Gasteiger partial charge in [0.1, 0.15) is 11.2 Å². The largest absolute Gasteiger partial charge is 0.493 e. The van der Waals surface area contributed by atoms with Crippen molar-refractivity contribution in [2.45, 2.75) is 39.0 Å². The van der Waals surface area contributed by atoms with Gasteiger partial charge in [0.25, 0.3) is 11.8 Å². The molecular weight excluding hydrogens is 474 g/mol. The first-order chi connectivity index (χ1) is 17.8. The lowest BCUT2D eigenvalue weighted by atomic mass is 9.96. The van der Waals surface area contributed by atoms with E-state index in [2.05, 4.69) is 15.7 Å². The van der Waals surface area contributed by atoms with Crippen molar-refractivity contribution in [3.63, 3.8) is 0 Å². The van der Waals surface area contributed by atoms with Gasteiger partial charge in [0.2, 0.25) is 5.91 Å². The predicted octanol–water partition coefficient (Wildman–Crippen LogP) is 2.38. The van der Waals surface area contributed by atoms with Crippen LogP contribution in [-0.2, 0) is 24.4 Å². The highest BCUT2D eigenvalue weighted by Crippen LogP contribution is 2.28. The summed E-state index contributed by atoms with van der Waals surface area (Å²) < 4.78 is 12.3. The van der Waals surface area contributed by atoms with Crippen LogP contribution in [0, 0.1) is 0 Å². The monoisotopic (exact) mass is 505 g/mol. The van der Waals surface area contributed by atoms with E-state index in [9.17, 15) is 14.4 Å². The van der Waals surface area contributed by atoms with Crippen LogP contribution in [0.3, 0.4) is 0 Å². The minimum atomic E-state index is -1.17. The molecule has 1 aromatic heterocycles. The van der Waals surface area contributed by atoms with Crippen molar-refractivity contribution >= 4 is 17.7 Å². The van der Waals surface area contributed by atoms with E-state index in [1.807, 2.05) is 43.3 Å². The molecule has 10 heteroatoms. The summed E-state index contributed by atoms with van der Waals surface area (Å²) in [7, 11) is 3.14. The Morgan fingerprint density at radius 2 is 1.76 bits per heavy atom. The van der Waals surface area contributed by atoms with E-state index in [0.29, 0.717) is 24.7 Å².